The quantitative estimate of drug-likeness (QED) is 0.0681. The average molecular weight is 781 g/mol. The van der Waals surface area contributed by atoms with Crippen LogP contribution in [0.2, 0.25) is 0 Å². The van der Waals surface area contributed by atoms with Crippen LogP contribution in [0.5, 0.6) is 0 Å². The van der Waals surface area contributed by atoms with E-state index in [1.807, 2.05) is 13.8 Å². The highest BCUT2D eigenvalue weighted by atomic mass is 35.5. The highest BCUT2D eigenvalue weighted by molar-refractivity contribution is 6.00. The molecule has 300 valence electrons. The van der Waals surface area contributed by atoms with Crippen molar-refractivity contribution < 1.29 is 43.0 Å². The molecule has 1 saturated heterocycles. The van der Waals surface area contributed by atoms with Crippen molar-refractivity contribution in [2.45, 2.75) is 83.5 Å². The highest BCUT2D eigenvalue weighted by Crippen LogP contribution is 2.21. The molecule has 2 aromatic rings. The Hall–Kier alpha value is -4.78. The topological polar surface area (TPSA) is 278 Å². The molecule has 54 heavy (non-hydrogen) atoms. The zero-order valence-corrected chi connectivity index (χ0v) is 31.6. The molecular weight excluding hydrogens is 728 g/mol. The van der Waals surface area contributed by atoms with Gasteiger partial charge in [-0.25, -0.2) is 9.59 Å². The number of urea groups is 1. The summed E-state index contributed by atoms with van der Waals surface area (Å²) in [6.45, 7) is 6.27. The number of aliphatic hydroxyl groups excluding tert-OH is 1. The van der Waals surface area contributed by atoms with E-state index in [2.05, 4.69) is 26.6 Å². The number of aryl methyl sites for hydroxylation is 1. The van der Waals surface area contributed by atoms with Crippen LogP contribution in [0.4, 0.5) is 10.5 Å². The molecular formula is C35H53ClN8O10. The van der Waals surface area contributed by atoms with Gasteiger partial charge >= 0.3 is 11.7 Å². The zero-order valence-electron chi connectivity index (χ0n) is 30.8. The maximum absolute atomic E-state index is 13.7. The number of benzene rings is 1. The van der Waals surface area contributed by atoms with Gasteiger partial charge < -0.3 is 57.2 Å². The van der Waals surface area contributed by atoms with Gasteiger partial charge in [0, 0.05) is 42.7 Å². The van der Waals surface area contributed by atoms with Crippen LogP contribution < -0.4 is 43.7 Å². The fourth-order valence-corrected chi connectivity index (χ4v) is 5.67. The lowest BCUT2D eigenvalue weighted by Gasteiger charge is -2.29. The van der Waals surface area contributed by atoms with Gasteiger partial charge in [-0.05, 0) is 69.2 Å². The van der Waals surface area contributed by atoms with Gasteiger partial charge in [-0.2, -0.15) is 0 Å². The third kappa shape index (κ3) is 14.2. The number of aliphatic hydroxyl groups is 1. The van der Waals surface area contributed by atoms with E-state index < -0.39 is 72.0 Å². The molecule has 10 N–H and O–H groups in total. The number of carbonyl (C=O) groups excluding carboxylic acids is 6. The van der Waals surface area contributed by atoms with Crippen LogP contribution in [0.15, 0.2) is 33.5 Å². The Bertz CT molecular complexity index is 1670. The SMILES string of the molecule is Cc1cc(=O)oc2cc(NC(=O)C(CCC(N)=O)NC(=O)C(CC(C)C)NC(=O)C(CCCCN)NC(=O)C(CO)NC(=O)N3CCOCC3)ccc12.Cl. The molecule has 1 aromatic carbocycles. The number of nitrogens with two attached hydrogens (primary N) is 2. The van der Waals surface area contributed by atoms with E-state index in [1.54, 1.807) is 19.1 Å². The molecule has 0 radical (unpaired) electrons. The summed E-state index contributed by atoms with van der Waals surface area (Å²) in [6.07, 6.45) is 0.847. The summed E-state index contributed by atoms with van der Waals surface area (Å²) in [5, 5.41) is 23.6. The van der Waals surface area contributed by atoms with Crippen molar-refractivity contribution in [3.8, 4) is 0 Å². The van der Waals surface area contributed by atoms with Crippen molar-refractivity contribution in [1.82, 2.24) is 26.2 Å². The van der Waals surface area contributed by atoms with Gasteiger partial charge in [-0.1, -0.05) is 13.8 Å². The molecule has 1 aliphatic rings. The number of ether oxygens (including phenoxy) is 1. The van der Waals surface area contributed by atoms with Crippen molar-refractivity contribution in [2.24, 2.45) is 17.4 Å². The lowest BCUT2D eigenvalue weighted by molar-refractivity contribution is -0.134. The number of morpholine rings is 1. The lowest BCUT2D eigenvalue weighted by Crippen LogP contribution is -2.59. The summed E-state index contributed by atoms with van der Waals surface area (Å²) in [5.74, 6) is -3.75. The average Bonchev–Trinajstić information content (AvgIpc) is 3.11. The van der Waals surface area contributed by atoms with Gasteiger partial charge in [0.15, 0.2) is 0 Å². The summed E-state index contributed by atoms with van der Waals surface area (Å²) < 4.78 is 10.5. The predicted molar refractivity (Wildman–Crippen MR) is 201 cm³/mol. The Balaban J connectivity index is 0.0000101. The van der Waals surface area contributed by atoms with E-state index in [9.17, 15) is 38.7 Å². The molecule has 7 amide bonds. The van der Waals surface area contributed by atoms with Crippen molar-refractivity contribution >= 4 is 64.6 Å². The number of nitrogens with one attached hydrogen (secondary N) is 5. The summed E-state index contributed by atoms with van der Waals surface area (Å²) in [5.41, 5.74) is 11.6. The number of anilines is 1. The van der Waals surface area contributed by atoms with Crippen LogP contribution in [0, 0.1) is 12.8 Å². The van der Waals surface area contributed by atoms with Gasteiger partial charge in [0.2, 0.25) is 29.5 Å². The standard InChI is InChI=1S/C35H52N8O10.ClH/c1-20(2)16-26(41-32(48)24(6-4-5-11-36)39-34(50)27(19-44)42-35(51)43-12-14-52-15-13-43)33(49)40-25(9-10-29(37)45)31(47)38-22-7-8-23-21(3)17-30(46)53-28(23)18-22;/h7-8,17-18,20,24-27,44H,4-6,9-16,19,36H2,1-3H3,(H2,37,45)(H,38,47)(H,39,50)(H,40,49)(H,41,48)(H,42,51);1H. The Labute approximate surface area is 319 Å². The molecule has 0 saturated carbocycles. The number of halogens is 1. The second kappa shape index (κ2) is 22.4. The number of carbonyl (C=O) groups is 6. The van der Waals surface area contributed by atoms with Crippen molar-refractivity contribution in [3.63, 3.8) is 0 Å². The maximum atomic E-state index is 13.7. The molecule has 2 heterocycles. The van der Waals surface area contributed by atoms with E-state index in [4.69, 9.17) is 20.6 Å². The number of rotatable bonds is 19. The first-order chi connectivity index (χ1) is 25.2. The first kappa shape index (κ1) is 45.4. The number of nitrogens with zero attached hydrogens (tertiary/aromatic N) is 1. The van der Waals surface area contributed by atoms with Gasteiger partial charge in [0.05, 0.1) is 19.8 Å². The van der Waals surface area contributed by atoms with Crippen LogP contribution in [0.1, 0.15) is 57.9 Å². The fourth-order valence-electron chi connectivity index (χ4n) is 5.67. The number of hydrogen-bond acceptors (Lipinski definition) is 11. The molecule has 4 atom stereocenters. The maximum Gasteiger partial charge on any atom is 0.336 e. The van der Waals surface area contributed by atoms with Crippen molar-refractivity contribution in [1.29, 1.82) is 0 Å². The van der Waals surface area contributed by atoms with Gasteiger partial charge in [-0.3, -0.25) is 24.0 Å². The molecule has 19 heteroatoms. The minimum atomic E-state index is -1.36. The molecule has 18 nitrogen and oxygen atoms in total. The largest absolute Gasteiger partial charge is 0.423 e. The van der Waals surface area contributed by atoms with Crippen LogP contribution in [0.3, 0.4) is 0 Å². The fraction of sp³-hybridized carbons (Fsp3) is 0.571. The Kier molecular flexibility index (Phi) is 18.9. The molecule has 3 rings (SSSR count). The second-order valence-corrected chi connectivity index (χ2v) is 13.3. The van der Waals surface area contributed by atoms with Crippen LogP contribution in [-0.2, 0) is 28.7 Å². The van der Waals surface area contributed by atoms with E-state index >= 15 is 0 Å². The monoisotopic (exact) mass is 780 g/mol. The van der Waals surface area contributed by atoms with Crippen molar-refractivity contribution in [2.75, 3.05) is 44.8 Å². The Morgan fingerprint density at radius 2 is 1.46 bits per heavy atom. The smallest absolute Gasteiger partial charge is 0.336 e. The zero-order chi connectivity index (χ0) is 39.1. The summed E-state index contributed by atoms with van der Waals surface area (Å²) in [6, 6.07) is 0.526. The third-order valence-corrected chi connectivity index (χ3v) is 8.55. The van der Waals surface area contributed by atoms with Crippen LogP contribution in [0.25, 0.3) is 11.0 Å². The van der Waals surface area contributed by atoms with Gasteiger partial charge in [0.1, 0.15) is 29.8 Å². The number of hydrogen-bond donors (Lipinski definition) is 8. The highest BCUT2D eigenvalue weighted by Gasteiger charge is 2.32. The summed E-state index contributed by atoms with van der Waals surface area (Å²) in [7, 11) is 0. The first-order valence-electron chi connectivity index (χ1n) is 17.7. The molecule has 1 fully saturated rings. The predicted octanol–water partition coefficient (Wildman–Crippen LogP) is -0.241. The molecule has 1 aromatic heterocycles. The Morgan fingerprint density at radius 3 is 2.07 bits per heavy atom. The second-order valence-electron chi connectivity index (χ2n) is 13.3. The summed E-state index contributed by atoms with van der Waals surface area (Å²) in [4.78, 5) is 91.8. The first-order valence-corrected chi connectivity index (χ1v) is 17.7. The van der Waals surface area contributed by atoms with E-state index in [0.29, 0.717) is 56.6 Å². The lowest BCUT2D eigenvalue weighted by atomic mass is 10.0. The number of primary amides is 1. The number of unbranched alkanes of at least 4 members (excludes halogenated alkanes) is 1. The van der Waals surface area contributed by atoms with Gasteiger partial charge in [-0.15, -0.1) is 12.4 Å². The van der Waals surface area contributed by atoms with Crippen LogP contribution in [-0.4, -0.2) is 109 Å². The van der Waals surface area contributed by atoms with Gasteiger partial charge in [0.25, 0.3) is 0 Å². The molecule has 1 aliphatic heterocycles. The third-order valence-electron chi connectivity index (χ3n) is 8.55. The van der Waals surface area contributed by atoms with Crippen molar-refractivity contribution in [3.05, 3.63) is 40.2 Å². The van der Waals surface area contributed by atoms with E-state index in [-0.39, 0.29) is 55.3 Å². The minimum absolute atomic E-state index is 0. The Morgan fingerprint density at radius 1 is 0.852 bits per heavy atom. The minimum Gasteiger partial charge on any atom is -0.423 e. The van der Waals surface area contributed by atoms with Crippen LogP contribution >= 0.6 is 12.4 Å². The number of amides is 7. The molecule has 4 unspecified atom stereocenters. The normalized spacial score (nSPS) is 14.9. The molecule has 0 spiro atoms. The molecule has 0 bridgehead atoms. The van der Waals surface area contributed by atoms with E-state index in [0.717, 1.165) is 0 Å². The summed E-state index contributed by atoms with van der Waals surface area (Å²) >= 11 is 0. The number of fused-ring (bicyclic) bond motifs is 1. The van der Waals surface area contributed by atoms with E-state index in [1.165, 1.54) is 17.0 Å². The molecule has 0 aliphatic carbocycles.